The van der Waals surface area contributed by atoms with E-state index in [1.807, 2.05) is 29.5 Å². The van der Waals surface area contributed by atoms with Crippen LogP contribution in [-0.2, 0) is 9.53 Å². The van der Waals surface area contributed by atoms with E-state index in [1.54, 1.807) is 0 Å². The van der Waals surface area contributed by atoms with Gasteiger partial charge in [-0.2, -0.15) is 0 Å². The van der Waals surface area contributed by atoms with Gasteiger partial charge in [-0.3, -0.25) is 4.79 Å². The molecule has 1 saturated carbocycles. The van der Waals surface area contributed by atoms with E-state index < -0.39 is 0 Å². The molecule has 4 rings (SSSR count). The van der Waals surface area contributed by atoms with Crippen LogP contribution < -0.4 is 10.2 Å². The molecule has 1 aromatic heterocycles. The molecule has 1 aliphatic carbocycles. The number of nitrogens with one attached hydrogen (secondary N) is 1. The van der Waals surface area contributed by atoms with Crippen molar-refractivity contribution in [2.75, 3.05) is 36.5 Å². The monoisotopic (exact) mass is 342 g/mol. The number of thiophene rings is 1. The standard InChI is InChI=1S/C19H22N2O2S/c1-13-6-7-18(24-13)14-12-15(14)19(22)20-16-4-2-3-5-17(16)21-8-10-23-11-9-21/h2-7,14-15H,8-12H2,1H3,(H,20,22)/t14-,15-/m0/s1. The van der Waals surface area contributed by atoms with Crippen molar-refractivity contribution in [2.45, 2.75) is 19.3 Å². The van der Waals surface area contributed by atoms with Crippen LogP contribution >= 0.6 is 11.3 Å². The molecule has 2 atom stereocenters. The highest BCUT2D eigenvalue weighted by Crippen LogP contribution is 2.50. The van der Waals surface area contributed by atoms with Gasteiger partial charge in [-0.15, -0.1) is 11.3 Å². The van der Waals surface area contributed by atoms with Gasteiger partial charge in [-0.25, -0.2) is 0 Å². The summed E-state index contributed by atoms with van der Waals surface area (Å²) in [7, 11) is 0. The van der Waals surface area contributed by atoms with Crippen molar-refractivity contribution in [3.63, 3.8) is 0 Å². The van der Waals surface area contributed by atoms with E-state index in [9.17, 15) is 4.79 Å². The van der Waals surface area contributed by atoms with E-state index in [0.29, 0.717) is 5.92 Å². The molecule has 1 saturated heterocycles. The smallest absolute Gasteiger partial charge is 0.228 e. The Labute approximate surface area is 146 Å². The van der Waals surface area contributed by atoms with E-state index in [0.717, 1.165) is 44.1 Å². The van der Waals surface area contributed by atoms with Crippen LogP contribution in [0, 0.1) is 12.8 Å². The molecule has 126 valence electrons. The normalized spacial score (nSPS) is 23.1. The number of carbonyl (C=O) groups is 1. The summed E-state index contributed by atoms with van der Waals surface area (Å²) in [4.78, 5) is 17.6. The number of morpholine rings is 1. The van der Waals surface area contributed by atoms with Crippen LogP contribution in [0.25, 0.3) is 0 Å². The van der Waals surface area contributed by atoms with Crippen LogP contribution in [0.5, 0.6) is 0 Å². The van der Waals surface area contributed by atoms with Crippen molar-refractivity contribution in [1.29, 1.82) is 0 Å². The fraction of sp³-hybridized carbons (Fsp3) is 0.421. The second-order valence-corrected chi connectivity index (χ2v) is 7.82. The van der Waals surface area contributed by atoms with Crippen molar-refractivity contribution >= 4 is 28.6 Å². The quantitative estimate of drug-likeness (QED) is 0.922. The highest BCUT2D eigenvalue weighted by molar-refractivity contribution is 7.12. The molecule has 2 aromatic rings. The maximum atomic E-state index is 12.7. The number of nitrogens with zero attached hydrogens (tertiary/aromatic N) is 1. The predicted octanol–water partition coefficient (Wildman–Crippen LogP) is 3.64. The van der Waals surface area contributed by atoms with Crippen LogP contribution in [0.4, 0.5) is 11.4 Å². The lowest BCUT2D eigenvalue weighted by atomic mass is 10.2. The molecule has 0 spiro atoms. The molecular formula is C19H22N2O2S. The number of hydrogen-bond acceptors (Lipinski definition) is 4. The van der Waals surface area contributed by atoms with Gasteiger partial charge in [0.25, 0.3) is 0 Å². The summed E-state index contributed by atoms with van der Waals surface area (Å²) in [6.45, 7) is 5.33. The van der Waals surface area contributed by atoms with Gasteiger partial charge in [-0.05, 0) is 37.6 Å². The topological polar surface area (TPSA) is 41.6 Å². The third-order valence-corrected chi connectivity index (χ3v) is 5.90. The maximum absolute atomic E-state index is 12.7. The SMILES string of the molecule is Cc1ccc([C@H]2C[C@@H]2C(=O)Nc2ccccc2N2CCOCC2)s1. The van der Waals surface area contributed by atoms with Crippen LogP contribution in [0.3, 0.4) is 0 Å². The minimum absolute atomic E-state index is 0.112. The number of hydrogen-bond donors (Lipinski definition) is 1. The number of amides is 1. The van der Waals surface area contributed by atoms with Crippen LogP contribution in [0.15, 0.2) is 36.4 Å². The number of benzene rings is 1. The lowest BCUT2D eigenvalue weighted by Crippen LogP contribution is -2.36. The first-order valence-electron chi connectivity index (χ1n) is 8.51. The fourth-order valence-electron chi connectivity index (χ4n) is 3.34. The first kappa shape index (κ1) is 15.7. The summed E-state index contributed by atoms with van der Waals surface area (Å²) in [6, 6.07) is 12.4. The number of carbonyl (C=O) groups excluding carboxylic acids is 1. The van der Waals surface area contributed by atoms with Gasteiger partial charge in [0, 0.05) is 34.7 Å². The van der Waals surface area contributed by atoms with Crippen LogP contribution in [-0.4, -0.2) is 32.2 Å². The van der Waals surface area contributed by atoms with Gasteiger partial charge in [0.05, 0.1) is 24.6 Å². The zero-order chi connectivity index (χ0) is 16.5. The van der Waals surface area contributed by atoms with Gasteiger partial charge in [0.1, 0.15) is 0 Å². The van der Waals surface area contributed by atoms with E-state index in [-0.39, 0.29) is 11.8 Å². The van der Waals surface area contributed by atoms with Gasteiger partial charge in [-0.1, -0.05) is 12.1 Å². The Hall–Kier alpha value is -1.85. The third-order valence-electron chi connectivity index (χ3n) is 4.77. The van der Waals surface area contributed by atoms with Gasteiger partial charge >= 0.3 is 0 Å². The number of rotatable bonds is 4. The summed E-state index contributed by atoms with van der Waals surface area (Å²) >= 11 is 1.81. The molecule has 0 radical (unpaired) electrons. The predicted molar refractivity (Wildman–Crippen MR) is 98.0 cm³/mol. The van der Waals surface area contributed by atoms with E-state index in [4.69, 9.17) is 4.74 Å². The Balaban J connectivity index is 1.45. The molecule has 1 aliphatic heterocycles. The third kappa shape index (κ3) is 3.19. The Morgan fingerprint density at radius 3 is 2.75 bits per heavy atom. The molecule has 2 aliphatic rings. The van der Waals surface area contributed by atoms with Gasteiger partial charge in [0.15, 0.2) is 0 Å². The van der Waals surface area contributed by atoms with Crippen molar-refractivity contribution in [2.24, 2.45) is 5.92 Å². The molecule has 1 aromatic carbocycles. The minimum Gasteiger partial charge on any atom is -0.378 e. The van der Waals surface area contributed by atoms with E-state index in [2.05, 4.69) is 35.3 Å². The average Bonchev–Trinajstić information content (AvgIpc) is 3.30. The van der Waals surface area contributed by atoms with Crippen LogP contribution in [0.2, 0.25) is 0 Å². The zero-order valence-electron chi connectivity index (χ0n) is 13.8. The van der Waals surface area contributed by atoms with Crippen molar-refractivity contribution in [3.05, 3.63) is 46.2 Å². The number of anilines is 2. The Morgan fingerprint density at radius 2 is 2.00 bits per heavy atom. The molecule has 2 fully saturated rings. The second kappa shape index (κ2) is 6.57. The molecule has 1 N–H and O–H groups in total. The summed E-state index contributed by atoms with van der Waals surface area (Å²) in [6.07, 6.45) is 0.964. The summed E-state index contributed by atoms with van der Waals surface area (Å²) in [5.74, 6) is 0.659. The highest BCUT2D eigenvalue weighted by Gasteiger charge is 2.44. The van der Waals surface area contributed by atoms with E-state index >= 15 is 0 Å². The zero-order valence-corrected chi connectivity index (χ0v) is 14.6. The average molecular weight is 342 g/mol. The molecule has 2 heterocycles. The maximum Gasteiger partial charge on any atom is 0.228 e. The Bertz CT molecular complexity index is 736. The summed E-state index contributed by atoms with van der Waals surface area (Å²) in [5, 5.41) is 3.16. The second-order valence-electron chi connectivity index (χ2n) is 6.50. The van der Waals surface area contributed by atoms with Crippen molar-refractivity contribution < 1.29 is 9.53 Å². The molecule has 5 heteroatoms. The number of aryl methyl sites for hydroxylation is 1. The first-order valence-corrected chi connectivity index (χ1v) is 9.33. The van der Waals surface area contributed by atoms with Gasteiger partial charge in [0.2, 0.25) is 5.91 Å². The molecule has 1 amide bonds. The highest BCUT2D eigenvalue weighted by atomic mass is 32.1. The largest absolute Gasteiger partial charge is 0.378 e. The van der Waals surface area contributed by atoms with Crippen molar-refractivity contribution in [1.82, 2.24) is 0 Å². The van der Waals surface area contributed by atoms with Crippen LogP contribution in [0.1, 0.15) is 22.1 Å². The lowest BCUT2D eigenvalue weighted by molar-refractivity contribution is -0.117. The Morgan fingerprint density at radius 1 is 1.21 bits per heavy atom. The van der Waals surface area contributed by atoms with E-state index in [1.165, 1.54) is 9.75 Å². The molecule has 0 unspecified atom stereocenters. The molecule has 24 heavy (non-hydrogen) atoms. The molecule has 4 nitrogen and oxygen atoms in total. The summed E-state index contributed by atoms with van der Waals surface area (Å²) < 4.78 is 5.43. The first-order chi connectivity index (χ1) is 11.7. The molecule has 0 bridgehead atoms. The number of ether oxygens (including phenoxy) is 1. The fourth-order valence-corrected chi connectivity index (χ4v) is 4.39. The number of para-hydroxylation sites is 2. The molecular weight excluding hydrogens is 320 g/mol. The lowest BCUT2D eigenvalue weighted by Gasteiger charge is -2.30. The minimum atomic E-state index is 0.112. The van der Waals surface area contributed by atoms with Crippen molar-refractivity contribution in [3.8, 4) is 0 Å². The van der Waals surface area contributed by atoms with Gasteiger partial charge < -0.3 is 15.0 Å². The summed E-state index contributed by atoms with van der Waals surface area (Å²) in [5.41, 5.74) is 2.01. The Kier molecular flexibility index (Phi) is 4.29.